The quantitative estimate of drug-likeness (QED) is 0.615. The highest BCUT2D eigenvalue weighted by molar-refractivity contribution is 5.48. The highest BCUT2D eigenvalue weighted by Gasteiger charge is 1.97. The van der Waals surface area contributed by atoms with Gasteiger partial charge < -0.3 is 16.8 Å². The van der Waals surface area contributed by atoms with Crippen molar-refractivity contribution in [3.05, 3.63) is 6.07 Å². The minimum absolute atomic E-state index is 0.211. The van der Waals surface area contributed by atoms with Gasteiger partial charge in [0.2, 0.25) is 5.95 Å². The Morgan fingerprint density at radius 1 is 1.29 bits per heavy atom. The average molecular weight is 195 g/mol. The lowest BCUT2D eigenvalue weighted by Gasteiger charge is -2.05. The summed E-state index contributed by atoms with van der Waals surface area (Å²) < 4.78 is 0. The Kier molecular flexibility index (Phi) is 3.97. The largest absolute Gasteiger partial charge is 0.383 e. The lowest BCUT2D eigenvalue weighted by Crippen LogP contribution is -2.07. The number of hydrogen-bond donors (Lipinski definition) is 3. The standard InChI is InChI=1S/C9H17N5/c1-2-3-4-5-12-8-6-7(10)13-9(11)14-8/h6H,2-5H2,1H3,(H5,10,11,12,13,14). The van der Waals surface area contributed by atoms with Crippen molar-refractivity contribution in [1.29, 1.82) is 0 Å². The molecule has 1 heterocycles. The van der Waals surface area contributed by atoms with Crippen molar-refractivity contribution in [3.8, 4) is 0 Å². The van der Waals surface area contributed by atoms with Crippen LogP contribution < -0.4 is 16.8 Å². The van der Waals surface area contributed by atoms with Gasteiger partial charge in [-0.2, -0.15) is 9.97 Å². The van der Waals surface area contributed by atoms with E-state index in [2.05, 4.69) is 22.2 Å². The van der Waals surface area contributed by atoms with E-state index in [1.165, 1.54) is 12.8 Å². The zero-order valence-electron chi connectivity index (χ0n) is 8.45. The molecule has 0 aromatic carbocycles. The Hall–Kier alpha value is -1.52. The molecule has 1 aromatic heterocycles. The van der Waals surface area contributed by atoms with Gasteiger partial charge in [0, 0.05) is 12.6 Å². The molecular formula is C9H17N5. The molecule has 0 spiro atoms. The molecule has 0 aliphatic carbocycles. The molecule has 0 saturated heterocycles. The van der Waals surface area contributed by atoms with Crippen LogP contribution in [0.1, 0.15) is 26.2 Å². The zero-order chi connectivity index (χ0) is 10.4. The fourth-order valence-electron chi connectivity index (χ4n) is 1.17. The van der Waals surface area contributed by atoms with Gasteiger partial charge in [0.1, 0.15) is 11.6 Å². The summed E-state index contributed by atoms with van der Waals surface area (Å²) in [7, 11) is 0. The maximum Gasteiger partial charge on any atom is 0.223 e. The van der Waals surface area contributed by atoms with Crippen molar-refractivity contribution in [2.24, 2.45) is 0 Å². The predicted octanol–water partition coefficient (Wildman–Crippen LogP) is 1.24. The summed E-state index contributed by atoms with van der Waals surface area (Å²) in [5, 5.41) is 3.15. The van der Waals surface area contributed by atoms with E-state index in [-0.39, 0.29) is 5.95 Å². The third-order valence-corrected chi connectivity index (χ3v) is 1.85. The van der Waals surface area contributed by atoms with Crippen LogP contribution in [0.5, 0.6) is 0 Å². The van der Waals surface area contributed by atoms with E-state index < -0.39 is 0 Å². The number of aromatic nitrogens is 2. The third-order valence-electron chi connectivity index (χ3n) is 1.85. The number of unbranched alkanes of at least 4 members (excludes halogenated alkanes) is 2. The van der Waals surface area contributed by atoms with Gasteiger partial charge in [-0.3, -0.25) is 0 Å². The van der Waals surface area contributed by atoms with Gasteiger partial charge in [-0.05, 0) is 6.42 Å². The minimum Gasteiger partial charge on any atom is -0.383 e. The van der Waals surface area contributed by atoms with Crippen LogP contribution in [-0.2, 0) is 0 Å². The van der Waals surface area contributed by atoms with Gasteiger partial charge in [-0.25, -0.2) is 0 Å². The fraction of sp³-hybridized carbons (Fsp3) is 0.556. The molecule has 0 aliphatic heterocycles. The lowest BCUT2D eigenvalue weighted by molar-refractivity contribution is 0.742. The SMILES string of the molecule is CCCCCNc1cc(N)nc(N)n1. The summed E-state index contributed by atoms with van der Waals surface area (Å²) in [5.74, 6) is 1.31. The van der Waals surface area contributed by atoms with Crippen LogP contribution in [0.4, 0.5) is 17.6 Å². The number of anilines is 3. The van der Waals surface area contributed by atoms with Gasteiger partial charge >= 0.3 is 0 Å². The second-order valence-electron chi connectivity index (χ2n) is 3.17. The Morgan fingerprint density at radius 3 is 2.71 bits per heavy atom. The van der Waals surface area contributed by atoms with Gasteiger partial charge in [0.05, 0.1) is 0 Å². The van der Waals surface area contributed by atoms with Gasteiger partial charge in [0.15, 0.2) is 0 Å². The summed E-state index contributed by atoms with van der Waals surface area (Å²) in [6.07, 6.45) is 3.54. The van der Waals surface area contributed by atoms with Crippen LogP contribution in [0.25, 0.3) is 0 Å². The summed E-state index contributed by atoms with van der Waals surface area (Å²) in [4.78, 5) is 7.79. The van der Waals surface area contributed by atoms with Crippen LogP contribution in [-0.4, -0.2) is 16.5 Å². The molecule has 14 heavy (non-hydrogen) atoms. The first-order valence-electron chi connectivity index (χ1n) is 4.86. The molecule has 0 bridgehead atoms. The number of nitrogens with one attached hydrogen (secondary N) is 1. The molecule has 1 aromatic rings. The Morgan fingerprint density at radius 2 is 2.07 bits per heavy atom. The summed E-state index contributed by atoms with van der Waals surface area (Å²) in [6, 6.07) is 1.68. The normalized spacial score (nSPS) is 10.1. The Balaban J connectivity index is 2.42. The molecule has 0 amide bonds. The zero-order valence-corrected chi connectivity index (χ0v) is 8.45. The average Bonchev–Trinajstić information content (AvgIpc) is 2.11. The van der Waals surface area contributed by atoms with Crippen molar-refractivity contribution in [2.45, 2.75) is 26.2 Å². The molecule has 0 radical (unpaired) electrons. The topological polar surface area (TPSA) is 89.8 Å². The number of hydrogen-bond acceptors (Lipinski definition) is 5. The Labute approximate surface area is 83.9 Å². The molecule has 0 aliphatic rings. The highest BCUT2D eigenvalue weighted by Crippen LogP contribution is 2.09. The third kappa shape index (κ3) is 3.47. The monoisotopic (exact) mass is 195 g/mol. The molecule has 5 N–H and O–H groups in total. The van der Waals surface area contributed by atoms with Gasteiger partial charge in [0.25, 0.3) is 0 Å². The first-order valence-corrected chi connectivity index (χ1v) is 4.86. The number of nitrogens with zero attached hydrogens (tertiary/aromatic N) is 2. The number of rotatable bonds is 5. The molecule has 5 heteroatoms. The van der Waals surface area contributed by atoms with E-state index in [1.54, 1.807) is 6.07 Å². The van der Waals surface area contributed by atoms with Gasteiger partial charge in [-0.15, -0.1) is 0 Å². The van der Waals surface area contributed by atoms with E-state index in [0.717, 1.165) is 13.0 Å². The molecule has 0 fully saturated rings. The minimum atomic E-state index is 0.211. The molecule has 0 unspecified atom stereocenters. The molecule has 0 saturated carbocycles. The maximum absolute atomic E-state index is 5.52. The highest BCUT2D eigenvalue weighted by atomic mass is 15.1. The van der Waals surface area contributed by atoms with E-state index in [0.29, 0.717) is 11.6 Å². The lowest BCUT2D eigenvalue weighted by atomic mass is 10.2. The van der Waals surface area contributed by atoms with Crippen LogP contribution in [0.3, 0.4) is 0 Å². The summed E-state index contributed by atoms with van der Waals surface area (Å²) >= 11 is 0. The number of nitrogen functional groups attached to an aromatic ring is 2. The van der Waals surface area contributed by atoms with E-state index in [9.17, 15) is 0 Å². The molecular weight excluding hydrogens is 178 g/mol. The van der Waals surface area contributed by atoms with Crippen molar-refractivity contribution in [2.75, 3.05) is 23.3 Å². The van der Waals surface area contributed by atoms with Crippen LogP contribution in [0.2, 0.25) is 0 Å². The molecule has 1 rings (SSSR count). The van der Waals surface area contributed by atoms with E-state index >= 15 is 0 Å². The van der Waals surface area contributed by atoms with Crippen LogP contribution in [0.15, 0.2) is 6.07 Å². The second-order valence-corrected chi connectivity index (χ2v) is 3.17. The predicted molar refractivity (Wildman–Crippen MR) is 58.9 cm³/mol. The van der Waals surface area contributed by atoms with E-state index in [1.807, 2.05) is 0 Å². The fourth-order valence-corrected chi connectivity index (χ4v) is 1.17. The van der Waals surface area contributed by atoms with Crippen LogP contribution in [0, 0.1) is 0 Å². The molecule has 5 nitrogen and oxygen atoms in total. The van der Waals surface area contributed by atoms with Crippen LogP contribution >= 0.6 is 0 Å². The molecule has 0 atom stereocenters. The van der Waals surface area contributed by atoms with E-state index in [4.69, 9.17) is 11.5 Å². The second kappa shape index (κ2) is 5.26. The number of nitrogens with two attached hydrogens (primary N) is 2. The van der Waals surface area contributed by atoms with Crippen molar-refractivity contribution in [3.63, 3.8) is 0 Å². The summed E-state index contributed by atoms with van der Waals surface area (Å²) in [5.41, 5.74) is 11.0. The smallest absolute Gasteiger partial charge is 0.223 e. The molecule has 78 valence electrons. The van der Waals surface area contributed by atoms with Crippen molar-refractivity contribution < 1.29 is 0 Å². The summed E-state index contributed by atoms with van der Waals surface area (Å²) in [6.45, 7) is 3.06. The van der Waals surface area contributed by atoms with Crippen molar-refractivity contribution >= 4 is 17.6 Å². The Bertz CT molecular complexity index is 266. The van der Waals surface area contributed by atoms with Crippen molar-refractivity contribution in [1.82, 2.24) is 9.97 Å². The first kappa shape index (κ1) is 10.6. The first-order chi connectivity index (χ1) is 6.72. The maximum atomic E-state index is 5.52. The van der Waals surface area contributed by atoms with Gasteiger partial charge in [-0.1, -0.05) is 19.8 Å².